The van der Waals surface area contributed by atoms with Crippen LogP contribution in [0.25, 0.3) is 0 Å². The number of nitrogens with zero attached hydrogens (tertiary/aromatic N) is 3. The van der Waals surface area contributed by atoms with Crippen molar-refractivity contribution in [2.24, 2.45) is 0 Å². The van der Waals surface area contributed by atoms with Crippen molar-refractivity contribution in [3.8, 4) is 0 Å². The number of fused-ring (bicyclic) bond motifs is 3. The summed E-state index contributed by atoms with van der Waals surface area (Å²) in [6.07, 6.45) is 3.07. The molecule has 0 spiro atoms. The van der Waals surface area contributed by atoms with Gasteiger partial charge in [0.2, 0.25) is 5.91 Å². The van der Waals surface area contributed by atoms with E-state index in [4.69, 9.17) is 11.6 Å². The lowest BCUT2D eigenvalue weighted by Crippen LogP contribution is -2.51. The van der Waals surface area contributed by atoms with Crippen LogP contribution in [0.15, 0.2) is 36.4 Å². The minimum atomic E-state index is -0.0779. The Balaban J connectivity index is 1.30. The van der Waals surface area contributed by atoms with E-state index < -0.39 is 0 Å². The molecule has 0 aliphatic carbocycles. The molecular weight excluding hydrogens is 412 g/mol. The minimum Gasteiger partial charge on any atom is -0.368 e. The van der Waals surface area contributed by atoms with Gasteiger partial charge in [0.25, 0.3) is 5.91 Å². The third kappa shape index (κ3) is 3.74. The van der Waals surface area contributed by atoms with Gasteiger partial charge >= 0.3 is 0 Å². The van der Waals surface area contributed by atoms with Gasteiger partial charge in [-0.1, -0.05) is 17.7 Å². The highest BCUT2D eigenvalue weighted by atomic mass is 35.5. The molecule has 0 radical (unpaired) electrons. The van der Waals surface area contributed by atoms with Crippen molar-refractivity contribution < 1.29 is 9.59 Å². The van der Waals surface area contributed by atoms with Crippen LogP contribution in [-0.4, -0.2) is 55.5 Å². The molecule has 6 nitrogen and oxygen atoms in total. The number of nitrogens with one attached hydrogen (secondary N) is 1. The lowest BCUT2D eigenvalue weighted by atomic mass is 9.96. The maximum Gasteiger partial charge on any atom is 0.254 e. The van der Waals surface area contributed by atoms with Crippen LogP contribution in [0.5, 0.6) is 0 Å². The normalized spacial score (nSPS) is 20.8. The summed E-state index contributed by atoms with van der Waals surface area (Å²) in [5.41, 5.74) is 4.73. The number of hydrogen-bond acceptors (Lipinski definition) is 4. The number of benzene rings is 2. The number of anilines is 3. The Morgan fingerprint density at radius 3 is 2.61 bits per heavy atom. The van der Waals surface area contributed by atoms with E-state index in [2.05, 4.69) is 22.0 Å². The predicted molar refractivity (Wildman–Crippen MR) is 124 cm³/mol. The number of piperazine rings is 1. The molecule has 0 bridgehead atoms. The molecule has 0 aromatic heterocycles. The Bertz CT molecular complexity index is 1030. The van der Waals surface area contributed by atoms with Gasteiger partial charge in [-0.25, -0.2) is 0 Å². The molecule has 3 heterocycles. The van der Waals surface area contributed by atoms with Crippen LogP contribution >= 0.6 is 11.6 Å². The molecule has 2 amide bonds. The lowest BCUT2D eigenvalue weighted by molar-refractivity contribution is -0.118. The fourth-order valence-electron chi connectivity index (χ4n) is 4.98. The summed E-state index contributed by atoms with van der Waals surface area (Å²) in [4.78, 5) is 32.1. The van der Waals surface area contributed by atoms with Crippen LogP contribution in [-0.2, 0) is 4.79 Å². The molecule has 3 aliphatic rings. The van der Waals surface area contributed by atoms with Gasteiger partial charge in [-0.3, -0.25) is 9.59 Å². The van der Waals surface area contributed by atoms with E-state index in [-0.39, 0.29) is 17.9 Å². The Morgan fingerprint density at radius 1 is 1.00 bits per heavy atom. The number of halogens is 1. The van der Waals surface area contributed by atoms with Crippen LogP contribution in [0, 0.1) is 6.92 Å². The van der Waals surface area contributed by atoms with Crippen LogP contribution in [0.2, 0.25) is 5.02 Å². The largest absolute Gasteiger partial charge is 0.368 e. The highest BCUT2D eigenvalue weighted by Crippen LogP contribution is 2.36. The maximum absolute atomic E-state index is 13.2. The summed E-state index contributed by atoms with van der Waals surface area (Å²) in [7, 11) is 0. The predicted octanol–water partition coefficient (Wildman–Crippen LogP) is 3.92. The number of carbonyl (C=O) groups is 2. The van der Waals surface area contributed by atoms with Crippen LogP contribution in [0.3, 0.4) is 0 Å². The molecule has 31 heavy (non-hydrogen) atoms. The van der Waals surface area contributed by atoms with Crippen LogP contribution in [0.1, 0.15) is 35.2 Å². The second-order valence-corrected chi connectivity index (χ2v) is 9.07. The third-order valence-corrected chi connectivity index (χ3v) is 6.93. The van der Waals surface area contributed by atoms with Crippen molar-refractivity contribution in [1.29, 1.82) is 0 Å². The van der Waals surface area contributed by atoms with Crippen molar-refractivity contribution in [2.45, 2.75) is 32.2 Å². The smallest absolute Gasteiger partial charge is 0.254 e. The molecule has 5 rings (SSSR count). The van der Waals surface area contributed by atoms with Gasteiger partial charge in [-0.2, -0.15) is 0 Å². The summed E-state index contributed by atoms with van der Waals surface area (Å²) >= 11 is 6.18. The van der Waals surface area contributed by atoms with Gasteiger partial charge in [-0.15, -0.1) is 0 Å². The molecule has 7 heteroatoms. The summed E-state index contributed by atoms with van der Waals surface area (Å²) in [5, 5.41) is 3.75. The molecule has 0 saturated carbocycles. The zero-order chi connectivity index (χ0) is 21.5. The van der Waals surface area contributed by atoms with Crippen LogP contribution < -0.4 is 15.1 Å². The molecule has 2 aromatic rings. The fraction of sp³-hybridized carbons (Fsp3) is 0.417. The average Bonchev–Trinajstić information content (AvgIpc) is 2.80. The van der Waals surface area contributed by atoms with E-state index >= 15 is 0 Å². The number of rotatable bonds is 2. The Labute approximate surface area is 187 Å². The molecule has 162 valence electrons. The Kier molecular flexibility index (Phi) is 5.26. The second-order valence-electron chi connectivity index (χ2n) is 8.64. The van der Waals surface area contributed by atoms with Crippen molar-refractivity contribution in [1.82, 2.24) is 4.90 Å². The Hall–Kier alpha value is -2.73. The van der Waals surface area contributed by atoms with Gasteiger partial charge in [0.15, 0.2) is 0 Å². The summed E-state index contributed by atoms with van der Waals surface area (Å²) in [6, 6.07) is 11.6. The molecule has 1 N–H and O–H groups in total. The van der Waals surface area contributed by atoms with E-state index in [1.807, 2.05) is 41.3 Å². The van der Waals surface area contributed by atoms with E-state index in [9.17, 15) is 9.59 Å². The van der Waals surface area contributed by atoms with Gasteiger partial charge in [-0.05, 0) is 62.1 Å². The lowest BCUT2D eigenvalue weighted by Gasteiger charge is -2.41. The standard InChI is InChI=1S/C24H27ClN4O2/c1-16-5-7-18(25)15-22(16)27-10-12-28(13-11-27)24(31)17-6-8-20-19(14-17)26-23(30)21-4-2-3-9-29(20)21/h5-8,14-15,21H,2-4,9-13H2,1H3,(H,26,30). The van der Waals surface area contributed by atoms with Gasteiger partial charge in [0.05, 0.1) is 11.4 Å². The topological polar surface area (TPSA) is 55.9 Å². The van der Waals surface area contributed by atoms with E-state index in [0.717, 1.165) is 61.0 Å². The monoisotopic (exact) mass is 438 g/mol. The SMILES string of the molecule is Cc1ccc(Cl)cc1N1CCN(C(=O)c2ccc3c(c2)NC(=O)C2CCCCN32)CC1. The van der Waals surface area contributed by atoms with E-state index in [0.29, 0.717) is 18.7 Å². The third-order valence-electron chi connectivity index (χ3n) is 6.70. The van der Waals surface area contributed by atoms with Gasteiger partial charge in [0.1, 0.15) is 6.04 Å². The first-order valence-electron chi connectivity index (χ1n) is 11.0. The molecule has 2 fully saturated rings. The summed E-state index contributed by atoms with van der Waals surface area (Å²) in [6.45, 7) is 5.82. The van der Waals surface area contributed by atoms with Gasteiger partial charge < -0.3 is 20.0 Å². The molecule has 1 atom stereocenters. The number of carbonyl (C=O) groups excluding carboxylic acids is 2. The first kappa shape index (κ1) is 20.2. The first-order chi connectivity index (χ1) is 15.0. The maximum atomic E-state index is 13.2. The average molecular weight is 439 g/mol. The van der Waals surface area contributed by atoms with E-state index in [1.54, 1.807) is 0 Å². The molecule has 1 unspecified atom stereocenters. The number of hydrogen-bond donors (Lipinski definition) is 1. The van der Waals surface area contributed by atoms with Crippen molar-refractivity contribution in [3.05, 3.63) is 52.5 Å². The zero-order valence-electron chi connectivity index (χ0n) is 17.7. The number of amides is 2. The highest BCUT2D eigenvalue weighted by Gasteiger charge is 2.35. The van der Waals surface area contributed by atoms with Crippen molar-refractivity contribution >= 4 is 40.5 Å². The highest BCUT2D eigenvalue weighted by molar-refractivity contribution is 6.30. The summed E-state index contributed by atoms with van der Waals surface area (Å²) < 4.78 is 0. The fourth-order valence-corrected chi connectivity index (χ4v) is 5.15. The number of aryl methyl sites for hydroxylation is 1. The Morgan fingerprint density at radius 2 is 1.81 bits per heavy atom. The second kappa shape index (κ2) is 8.08. The van der Waals surface area contributed by atoms with E-state index in [1.165, 1.54) is 5.56 Å². The first-order valence-corrected chi connectivity index (χ1v) is 11.4. The quantitative estimate of drug-likeness (QED) is 0.772. The molecule has 2 saturated heterocycles. The molecule has 3 aliphatic heterocycles. The minimum absolute atomic E-state index is 0.0142. The van der Waals surface area contributed by atoms with Crippen molar-refractivity contribution in [2.75, 3.05) is 47.8 Å². The van der Waals surface area contributed by atoms with Gasteiger partial charge in [0, 0.05) is 49.0 Å². The van der Waals surface area contributed by atoms with Crippen LogP contribution in [0.4, 0.5) is 17.1 Å². The summed E-state index contributed by atoms with van der Waals surface area (Å²) in [5.74, 6) is 0.0580. The zero-order valence-corrected chi connectivity index (χ0v) is 18.5. The molecule has 2 aromatic carbocycles. The van der Waals surface area contributed by atoms with Crippen molar-refractivity contribution in [3.63, 3.8) is 0 Å². The number of piperidine rings is 1. The molecular formula is C24H27ClN4O2.